The number of ether oxygens (including phenoxy) is 1. The average molecular weight is 441 g/mol. The minimum atomic E-state index is -0.263. The lowest BCUT2D eigenvalue weighted by atomic mass is 9.93. The summed E-state index contributed by atoms with van der Waals surface area (Å²) in [7, 11) is 2.04. The summed E-state index contributed by atoms with van der Waals surface area (Å²) < 4.78 is 21.9. The molecular weight excluding hydrogens is 415 g/mol. The van der Waals surface area contributed by atoms with Crippen molar-refractivity contribution >= 4 is 16.8 Å². The zero-order chi connectivity index (χ0) is 22.5. The van der Waals surface area contributed by atoms with Crippen LogP contribution in [0.5, 0.6) is 0 Å². The lowest BCUT2D eigenvalue weighted by Gasteiger charge is -2.29. The number of carbonyl (C=O) groups is 1. The fourth-order valence-electron chi connectivity index (χ4n) is 5.53. The van der Waals surface area contributed by atoms with Gasteiger partial charge >= 0.3 is 0 Å². The molecule has 3 aromatic carbocycles. The lowest BCUT2D eigenvalue weighted by molar-refractivity contribution is 0.0501. The Labute approximate surface area is 192 Å². The monoisotopic (exact) mass is 440 g/mol. The fraction of sp³-hybridized carbons (Fsp3) is 0.250. The zero-order valence-corrected chi connectivity index (χ0v) is 18.5. The predicted octanol–water partition coefficient (Wildman–Crippen LogP) is 5.71. The van der Waals surface area contributed by atoms with Crippen LogP contribution in [0.15, 0.2) is 72.8 Å². The molecule has 1 fully saturated rings. The smallest absolute Gasteiger partial charge is 0.255 e. The summed E-state index contributed by atoms with van der Waals surface area (Å²) in [6.07, 6.45) is 2.04. The van der Waals surface area contributed by atoms with Crippen molar-refractivity contribution in [2.45, 2.75) is 25.0 Å². The predicted molar refractivity (Wildman–Crippen MR) is 127 cm³/mol. The number of rotatable bonds is 4. The number of hydrogen-bond acceptors (Lipinski definition) is 2. The second-order valence-corrected chi connectivity index (χ2v) is 8.93. The highest BCUT2D eigenvalue weighted by molar-refractivity contribution is 6.02. The molecule has 0 bridgehead atoms. The van der Waals surface area contributed by atoms with Crippen molar-refractivity contribution < 1.29 is 13.9 Å². The summed E-state index contributed by atoms with van der Waals surface area (Å²) in [5.41, 5.74) is 5.86. The normalized spacial score (nSPS) is 20.1. The summed E-state index contributed by atoms with van der Waals surface area (Å²) in [5.74, 6) is -0.218. The van der Waals surface area contributed by atoms with E-state index in [4.69, 9.17) is 4.74 Å². The standard InChI is InChI=1S/C28H25FN2O2/c1-30-24-11-5-4-10-23(24)25(26(30)18-12-14-19(29)15-13-18)27-21-8-2-3-9-22(21)28(32)31(27)17-20-7-6-16-33-20/h2-5,8-15,20,27H,6-7,16-17H2,1H3/t20-,27-/m1/s1. The molecule has 3 heterocycles. The minimum absolute atomic E-state index is 0.0455. The van der Waals surface area contributed by atoms with Gasteiger partial charge in [0.15, 0.2) is 0 Å². The Hall–Kier alpha value is -3.44. The number of aryl methyl sites for hydroxylation is 1. The highest BCUT2D eigenvalue weighted by Gasteiger charge is 2.41. The summed E-state index contributed by atoms with van der Waals surface area (Å²) in [5, 5.41) is 1.10. The Morgan fingerprint density at radius 3 is 2.55 bits per heavy atom. The maximum absolute atomic E-state index is 13.8. The summed E-state index contributed by atoms with van der Waals surface area (Å²) >= 11 is 0. The number of benzene rings is 3. The van der Waals surface area contributed by atoms with E-state index < -0.39 is 0 Å². The van der Waals surface area contributed by atoms with Gasteiger partial charge in [-0.3, -0.25) is 4.79 Å². The van der Waals surface area contributed by atoms with Crippen LogP contribution in [0.2, 0.25) is 0 Å². The van der Waals surface area contributed by atoms with Crippen molar-refractivity contribution in [3.63, 3.8) is 0 Å². The van der Waals surface area contributed by atoms with Gasteiger partial charge in [-0.05, 0) is 60.4 Å². The number of nitrogens with zero attached hydrogens (tertiary/aromatic N) is 2. The van der Waals surface area contributed by atoms with Gasteiger partial charge in [0, 0.05) is 42.2 Å². The number of fused-ring (bicyclic) bond motifs is 2. The van der Waals surface area contributed by atoms with Gasteiger partial charge in [-0.1, -0.05) is 36.4 Å². The molecule has 1 amide bonds. The third-order valence-corrected chi connectivity index (χ3v) is 7.02. The summed E-state index contributed by atoms with van der Waals surface area (Å²) in [6.45, 7) is 1.31. The number of halogens is 1. The zero-order valence-electron chi connectivity index (χ0n) is 18.5. The molecule has 0 radical (unpaired) electrons. The topological polar surface area (TPSA) is 34.5 Å². The highest BCUT2D eigenvalue weighted by Crippen LogP contribution is 2.46. The van der Waals surface area contributed by atoms with Crippen LogP contribution in [0.25, 0.3) is 22.2 Å². The minimum Gasteiger partial charge on any atom is -0.376 e. The molecule has 2 aliphatic rings. The average Bonchev–Trinajstić information content (AvgIpc) is 3.52. The Bertz CT molecular complexity index is 1350. The summed E-state index contributed by atoms with van der Waals surface area (Å²) in [4.78, 5) is 15.6. The molecule has 0 aliphatic carbocycles. The van der Waals surface area contributed by atoms with Crippen molar-refractivity contribution in [1.29, 1.82) is 0 Å². The van der Waals surface area contributed by atoms with E-state index in [0.29, 0.717) is 6.54 Å². The van der Waals surface area contributed by atoms with Crippen molar-refractivity contribution in [3.05, 3.63) is 95.3 Å². The Kier molecular flexibility index (Phi) is 4.80. The first kappa shape index (κ1) is 20.2. The maximum atomic E-state index is 13.8. The highest BCUT2D eigenvalue weighted by atomic mass is 19.1. The van der Waals surface area contributed by atoms with E-state index in [1.807, 2.05) is 54.4 Å². The molecule has 166 valence electrons. The molecule has 2 atom stereocenters. The fourth-order valence-corrected chi connectivity index (χ4v) is 5.53. The van der Waals surface area contributed by atoms with Crippen LogP contribution in [0, 0.1) is 5.82 Å². The third-order valence-electron chi connectivity index (χ3n) is 7.02. The van der Waals surface area contributed by atoms with Crippen LogP contribution in [0.3, 0.4) is 0 Å². The second-order valence-electron chi connectivity index (χ2n) is 8.93. The third kappa shape index (κ3) is 3.18. The molecule has 4 nitrogen and oxygen atoms in total. The van der Waals surface area contributed by atoms with Gasteiger partial charge in [0.05, 0.1) is 17.8 Å². The molecule has 5 heteroatoms. The molecule has 6 rings (SSSR count). The van der Waals surface area contributed by atoms with Gasteiger partial charge in [0.2, 0.25) is 0 Å². The molecule has 0 N–H and O–H groups in total. The van der Waals surface area contributed by atoms with Crippen molar-refractivity contribution in [2.24, 2.45) is 7.05 Å². The van der Waals surface area contributed by atoms with E-state index in [1.165, 1.54) is 12.1 Å². The van der Waals surface area contributed by atoms with Crippen LogP contribution in [0.1, 0.15) is 40.4 Å². The SMILES string of the molecule is Cn1c(-c2ccc(F)cc2)c([C@H]2c3ccccc3C(=O)N2C[C@H]2CCCO2)c2ccccc21. The number of para-hydroxylation sites is 1. The molecule has 0 spiro atoms. The van der Waals surface area contributed by atoms with E-state index in [9.17, 15) is 9.18 Å². The molecule has 33 heavy (non-hydrogen) atoms. The molecule has 1 saturated heterocycles. The van der Waals surface area contributed by atoms with Gasteiger partial charge in [0.1, 0.15) is 5.82 Å². The summed E-state index contributed by atoms with van der Waals surface area (Å²) in [6, 6.07) is 22.6. The van der Waals surface area contributed by atoms with Crippen LogP contribution in [0.4, 0.5) is 4.39 Å². The van der Waals surface area contributed by atoms with Crippen LogP contribution < -0.4 is 0 Å². The Balaban J connectivity index is 1.61. The number of aromatic nitrogens is 1. The van der Waals surface area contributed by atoms with Gasteiger partial charge in [-0.2, -0.15) is 0 Å². The van der Waals surface area contributed by atoms with Gasteiger partial charge < -0.3 is 14.2 Å². The Morgan fingerprint density at radius 2 is 1.76 bits per heavy atom. The molecule has 4 aromatic rings. The van der Waals surface area contributed by atoms with Gasteiger partial charge in [0.25, 0.3) is 5.91 Å². The van der Waals surface area contributed by atoms with Gasteiger partial charge in [-0.15, -0.1) is 0 Å². The van der Waals surface area contributed by atoms with E-state index >= 15 is 0 Å². The first-order valence-corrected chi connectivity index (χ1v) is 11.5. The molecular formula is C28H25FN2O2. The van der Waals surface area contributed by atoms with E-state index in [1.54, 1.807) is 0 Å². The van der Waals surface area contributed by atoms with Gasteiger partial charge in [-0.25, -0.2) is 4.39 Å². The van der Waals surface area contributed by atoms with Crippen molar-refractivity contribution in [1.82, 2.24) is 9.47 Å². The Morgan fingerprint density at radius 1 is 1.00 bits per heavy atom. The molecule has 0 saturated carbocycles. The van der Waals surface area contributed by atoms with Crippen LogP contribution in [-0.2, 0) is 11.8 Å². The van der Waals surface area contributed by atoms with Crippen molar-refractivity contribution in [2.75, 3.05) is 13.2 Å². The number of amides is 1. The quantitative estimate of drug-likeness (QED) is 0.407. The van der Waals surface area contributed by atoms with E-state index in [-0.39, 0.29) is 23.9 Å². The first-order chi connectivity index (χ1) is 16.1. The lowest BCUT2D eigenvalue weighted by Crippen LogP contribution is -2.36. The first-order valence-electron chi connectivity index (χ1n) is 11.5. The number of hydrogen-bond donors (Lipinski definition) is 0. The molecule has 0 unspecified atom stereocenters. The van der Waals surface area contributed by atoms with E-state index in [0.717, 1.165) is 58.3 Å². The number of carbonyl (C=O) groups excluding carboxylic acids is 1. The van der Waals surface area contributed by atoms with Crippen molar-refractivity contribution in [3.8, 4) is 11.3 Å². The largest absolute Gasteiger partial charge is 0.376 e. The molecule has 2 aliphatic heterocycles. The molecule has 1 aromatic heterocycles. The maximum Gasteiger partial charge on any atom is 0.255 e. The van der Waals surface area contributed by atoms with Crippen LogP contribution >= 0.6 is 0 Å². The second kappa shape index (κ2) is 7.85. The van der Waals surface area contributed by atoms with Crippen LogP contribution in [-0.4, -0.2) is 34.6 Å². The van der Waals surface area contributed by atoms with E-state index in [2.05, 4.69) is 22.8 Å².